The minimum absolute atomic E-state index is 0.143. The van der Waals surface area contributed by atoms with Crippen LogP contribution in [0.3, 0.4) is 0 Å². The summed E-state index contributed by atoms with van der Waals surface area (Å²) in [5.41, 5.74) is 2.43. The van der Waals surface area contributed by atoms with Gasteiger partial charge in [0.25, 0.3) is 5.91 Å². The number of morpholine rings is 1. The summed E-state index contributed by atoms with van der Waals surface area (Å²) in [6, 6.07) is 10.5. The summed E-state index contributed by atoms with van der Waals surface area (Å²) < 4.78 is 16.9. The second kappa shape index (κ2) is 8.61. The van der Waals surface area contributed by atoms with Crippen molar-refractivity contribution in [1.82, 2.24) is 0 Å². The monoisotopic (exact) mass is 425 g/mol. The van der Waals surface area contributed by atoms with E-state index in [1.165, 1.54) is 4.90 Å². The lowest BCUT2D eigenvalue weighted by atomic mass is 10.0. The van der Waals surface area contributed by atoms with E-state index in [1.807, 2.05) is 0 Å². The molecule has 0 saturated carbocycles. The van der Waals surface area contributed by atoms with Gasteiger partial charge < -0.3 is 29.2 Å². The molecule has 3 aromatic rings. The van der Waals surface area contributed by atoms with Gasteiger partial charge in [0.05, 0.1) is 18.2 Å². The molecular formula is C24H29N2O5+. The Bertz CT molecular complexity index is 1080. The van der Waals surface area contributed by atoms with Gasteiger partial charge in [-0.2, -0.15) is 0 Å². The maximum atomic E-state index is 13.2. The molecule has 0 aliphatic carbocycles. The maximum Gasteiger partial charge on any atom is 0.259 e. The minimum Gasteiger partial charge on any atom is -0.507 e. The smallest absolute Gasteiger partial charge is 0.259 e. The van der Waals surface area contributed by atoms with E-state index < -0.39 is 0 Å². The average Bonchev–Trinajstić information content (AvgIpc) is 3.06. The van der Waals surface area contributed by atoms with Crippen molar-refractivity contribution in [2.45, 2.75) is 39.5 Å². The highest BCUT2D eigenvalue weighted by atomic mass is 16.5. The first-order valence-corrected chi connectivity index (χ1v) is 10.5. The van der Waals surface area contributed by atoms with E-state index >= 15 is 0 Å². The van der Waals surface area contributed by atoms with Crippen molar-refractivity contribution in [3.63, 3.8) is 0 Å². The lowest BCUT2D eigenvalue weighted by Crippen LogP contribution is -3.14. The summed E-state index contributed by atoms with van der Waals surface area (Å²) >= 11 is 0. The number of amides is 1. The number of carbonyl (C=O) groups is 1. The highest BCUT2D eigenvalue weighted by Gasteiger charge is 2.29. The van der Waals surface area contributed by atoms with Crippen LogP contribution in [0, 0.1) is 6.92 Å². The molecule has 0 radical (unpaired) electrons. The molecule has 2 aromatic carbocycles. The fourth-order valence-electron chi connectivity index (χ4n) is 4.47. The number of ether oxygens (including phenoxy) is 2. The number of furan rings is 1. The third kappa shape index (κ3) is 4.38. The van der Waals surface area contributed by atoms with Crippen molar-refractivity contribution >= 4 is 22.6 Å². The number of anilines is 1. The summed E-state index contributed by atoms with van der Waals surface area (Å²) in [4.78, 5) is 14.5. The molecule has 1 aliphatic heterocycles. The Kier molecular flexibility index (Phi) is 5.89. The van der Waals surface area contributed by atoms with Gasteiger partial charge in [0, 0.05) is 11.1 Å². The van der Waals surface area contributed by atoms with Crippen molar-refractivity contribution in [2.75, 3.05) is 25.5 Å². The van der Waals surface area contributed by atoms with Crippen LogP contribution in [0.5, 0.6) is 11.5 Å². The average molecular weight is 426 g/mol. The number of rotatable bonds is 5. The van der Waals surface area contributed by atoms with Crippen molar-refractivity contribution in [3.05, 3.63) is 53.3 Å². The van der Waals surface area contributed by atoms with Crippen LogP contribution in [-0.2, 0) is 11.3 Å². The Morgan fingerprint density at radius 1 is 1.16 bits per heavy atom. The quantitative estimate of drug-likeness (QED) is 0.585. The summed E-state index contributed by atoms with van der Waals surface area (Å²) in [6.45, 7) is 8.16. The van der Waals surface area contributed by atoms with Crippen LogP contribution in [0.15, 0.2) is 40.8 Å². The lowest BCUT2D eigenvalue weighted by molar-refractivity contribution is -0.928. The normalized spacial score (nSPS) is 21.2. The second-order valence-corrected chi connectivity index (χ2v) is 8.24. The molecule has 0 bridgehead atoms. The summed E-state index contributed by atoms with van der Waals surface area (Å²) in [6.07, 6.45) is 0.285. The number of aromatic hydroxyl groups is 1. The fourth-order valence-corrected chi connectivity index (χ4v) is 4.47. The van der Waals surface area contributed by atoms with E-state index in [0.29, 0.717) is 40.3 Å². The highest BCUT2D eigenvalue weighted by Crippen LogP contribution is 2.34. The first-order chi connectivity index (χ1) is 14.9. The van der Waals surface area contributed by atoms with Crippen LogP contribution in [0.4, 0.5) is 5.69 Å². The lowest BCUT2D eigenvalue weighted by Gasteiger charge is -2.32. The number of nitrogens with one attached hydrogen (secondary N) is 2. The molecule has 164 valence electrons. The van der Waals surface area contributed by atoms with Gasteiger partial charge in [-0.25, -0.2) is 0 Å². The molecular weight excluding hydrogens is 396 g/mol. The predicted molar refractivity (Wildman–Crippen MR) is 118 cm³/mol. The van der Waals surface area contributed by atoms with Gasteiger partial charge in [-0.05, 0) is 57.2 Å². The molecule has 1 aromatic heterocycles. The number of hydrogen-bond acceptors (Lipinski definition) is 5. The van der Waals surface area contributed by atoms with Gasteiger partial charge in [0.1, 0.15) is 54.7 Å². The molecule has 7 nitrogen and oxygen atoms in total. The van der Waals surface area contributed by atoms with E-state index in [-0.39, 0.29) is 23.9 Å². The first kappa shape index (κ1) is 21.2. The van der Waals surface area contributed by atoms with Gasteiger partial charge in [0.15, 0.2) is 0 Å². The number of quaternary nitrogens is 1. The molecule has 1 saturated heterocycles. The van der Waals surface area contributed by atoms with E-state index in [1.54, 1.807) is 50.4 Å². The fraction of sp³-hybridized carbons (Fsp3) is 0.375. The molecule has 4 rings (SSSR count). The topological polar surface area (TPSA) is 85.4 Å². The Labute approximate surface area is 181 Å². The predicted octanol–water partition coefficient (Wildman–Crippen LogP) is 2.90. The summed E-state index contributed by atoms with van der Waals surface area (Å²) in [7, 11) is 1.60. The number of aryl methyl sites for hydroxylation is 1. The van der Waals surface area contributed by atoms with Gasteiger partial charge >= 0.3 is 0 Å². The molecule has 1 amide bonds. The Balaban J connectivity index is 1.69. The van der Waals surface area contributed by atoms with Crippen molar-refractivity contribution in [3.8, 4) is 11.5 Å². The van der Waals surface area contributed by atoms with E-state index in [9.17, 15) is 9.90 Å². The van der Waals surface area contributed by atoms with E-state index in [0.717, 1.165) is 18.7 Å². The van der Waals surface area contributed by atoms with Gasteiger partial charge in [-0.3, -0.25) is 4.79 Å². The molecule has 3 atom stereocenters. The Morgan fingerprint density at radius 3 is 2.48 bits per heavy atom. The van der Waals surface area contributed by atoms with Crippen molar-refractivity contribution < 1.29 is 28.7 Å². The number of phenolic OH excluding ortho intramolecular Hbond substituents is 1. The number of benzene rings is 2. The summed E-state index contributed by atoms with van der Waals surface area (Å²) in [5, 5.41) is 14.3. The number of hydrogen-bond donors (Lipinski definition) is 3. The van der Waals surface area contributed by atoms with Crippen LogP contribution in [0.2, 0.25) is 0 Å². The first-order valence-electron chi connectivity index (χ1n) is 10.5. The summed E-state index contributed by atoms with van der Waals surface area (Å²) in [5.74, 6) is 1.14. The molecule has 0 spiro atoms. The Morgan fingerprint density at radius 2 is 1.84 bits per heavy atom. The number of carbonyl (C=O) groups excluding carboxylic acids is 1. The highest BCUT2D eigenvalue weighted by molar-refractivity contribution is 6.14. The third-order valence-corrected chi connectivity index (χ3v) is 5.73. The molecule has 7 heteroatoms. The van der Waals surface area contributed by atoms with E-state index in [2.05, 4.69) is 19.2 Å². The number of methoxy groups -OCH3 is 1. The second-order valence-electron chi connectivity index (χ2n) is 8.24. The number of phenols is 1. The zero-order valence-corrected chi connectivity index (χ0v) is 18.3. The van der Waals surface area contributed by atoms with E-state index in [4.69, 9.17) is 13.9 Å². The molecule has 2 heterocycles. The largest absolute Gasteiger partial charge is 0.507 e. The molecule has 1 aliphatic rings. The minimum atomic E-state index is -0.271. The molecule has 1 fully saturated rings. The van der Waals surface area contributed by atoms with Crippen LogP contribution >= 0.6 is 0 Å². The van der Waals surface area contributed by atoms with Gasteiger partial charge in [0.2, 0.25) is 0 Å². The standard InChI is InChI=1S/C24H28N2O5/c1-14-11-26(12-15(2)30-14)13-19-20(27)9-10-21-23(19)22(16(3)31-21)24(28)25-17-5-7-18(29-4)8-6-17/h5-10,14-15,27H,11-13H2,1-4H3,(H,25,28)/p+1/t14-,15+. The maximum absolute atomic E-state index is 13.2. The van der Waals surface area contributed by atoms with Gasteiger partial charge in [-0.1, -0.05) is 0 Å². The molecule has 31 heavy (non-hydrogen) atoms. The third-order valence-electron chi connectivity index (χ3n) is 5.73. The molecule has 3 N–H and O–H groups in total. The molecule has 1 unspecified atom stereocenters. The van der Waals surface area contributed by atoms with Crippen LogP contribution < -0.4 is 15.0 Å². The van der Waals surface area contributed by atoms with Crippen LogP contribution in [0.25, 0.3) is 11.0 Å². The zero-order chi connectivity index (χ0) is 22.1. The van der Waals surface area contributed by atoms with Crippen LogP contribution in [-0.4, -0.2) is 43.4 Å². The van der Waals surface area contributed by atoms with Crippen LogP contribution in [0.1, 0.15) is 35.5 Å². The SMILES string of the molecule is COc1ccc(NC(=O)c2c(C)oc3ccc(O)c(C[NH+]4C[C@@H](C)O[C@@H](C)C4)c23)cc1. The van der Waals surface area contributed by atoms with Crippen molar-refractivity contribution in [2.24, 2.45) is 0 Å². The zero-order valence-electron chi connectivity index (χ0n) is 18.3. The Hall–Kier alpha value is -3.03. The van der Waals surface area contributed by atoms with Gasteiger partial charge in [-0.15, -0.1) is 0 Å². The van der Waals surface area contributed by atoms with Crippen molar-refractivity contribution in [1.29, 1.82) is 0 Å². The number of fused-ring (bicyclic) bond motifs is 1.